The first-order chi connectivity index (χ1) is 13.2. The van der Waals surface area contributed by atoms with Crippen LogP contribution in [0.1, 0.15) is 32.7 Å². The van der Waals surface area contributed by atoms with Crippen molar-refractivity contribution in [2.24, 2.45) is 4.99 Å². The molecular weight excluding hydrogens is 426 g/mol. The van der Waals surface area contributed by atoms with Gasteiger partial charge in [0.2, 0.25) is 0 Å². The Morgan fingerprint density at radius 2 is 1.89 bits per heavy atom. The molecule has 0 atom stereocenters. The van der Waals surface area contributed by atoms with Crippen molar-refractivity contribution in [1.82, 2.24) is 9.78 Å². The maximum Gasteiger partial charge on any atom is 0.339 e. The molecule has 0 saturated carbocycles. The van der Waals surface area contributed by atoms with Crippen LogP contribution in [0.25, 0.3) is 5.69 Å². The van der Waals surface area contributed by atoms with E-state index in [0.717, 1.165) is 21.3 Å². The summed E-state index contributed by atoms with van der Waals surface area (Å²) in [6, 6.07) is 7.71. The third-order valence-electron chi connectivity index (χ3n) is 4.60. The van der Waals surface area contributed by atoms with Crippen molar-refractivity contribution >= 4 is 33.8 Å². The summed E-state index contributed by atoms with van der Waals surface area (Å²) in [6.07, 6.45) is 1.40. The Balaban J connectivity index is 2.01. The minimum absolute atomic E-state index is 0.208. The molecule has 0 saturated heterocycles. The number of aromatic nitrogens is 2. The van der Waals surface area contributed by atoms with E-state index in [1.807, 2.05) is 26.0 Å². The normalized spacial score (nSPS) is 11.3. The number of hydrogen-bond donors (Lipinski definition) is 3. The van der Waals surface area contributed by atoms with Crippen molar-refractivity contribution in [3.8, 4) is 11.4 Å². The van der Waals surface area contributed by atoms with E-state index in [2.05, 4.69) is 26.0 Å². The number of aryl methyl sites for hydroxylation is 1. The highest BCUT2D eigenvalue weighted by atomic mass is 79.9. The van der Waals surface area contributed by atoms with E-state index in [9.17, 15) is 14.7 Å². The van der Waals surface area contributed by atoms with Gasteiger partial charge in [0.25, 0.3) is 5.56 Å². The highest BCUT2D eigenvalue weighted by Crippen LogP contribution is 2.25. The van der Waals surface area contributed by atoms with Crippen LogP contribution < -0.4 is 5.56 Å². The number of aliphatic imine (C=N–C) groups is 1. The van der Waals surface area contributed by atoms with Crippen molar-refractivity contribution < 1.29 is 15.0 Å². The van der Waals surface area contributed by atoms with E-state index < -0.39 is 5.97 Å². The zero-order valence-corrected chi connectivity index (χ0v) is 17.0. The largest absolute Gasteiger partial charge is 0.507 e. The van der Waals surface area contributed by atoms with E-state index in [0.29, 0.717) is 16.9 Å². The van der Waals surface area contributed by atoms with Crippen LogP contribution in [-0.4, -0.2) is 32.2 Å². The fourth-order valence-corrected chi connectivity index (χ4v) is 3.25. The van der Waals surface area contributed by atoms with Crippen LogP contribution in [0.15, 0.2) is 44.6 Å². The summed E-state index contributed by atoms with van der Waals surface area (Å²) in [6.45, 7) is 5.68. The fraction of sp³-hybridized carbons (Fsp3) is 0.150. The number of H-pyrrole nitrogens is 1. The van der Waals surface area contributed by atoms with Gasteiger partial charge >= 0.3 is 5.97 Å². The van der Waals surface area contributed by atoms with E-state index in [1.54, 1.807) is 6.92 Å². The lowest BCUT2D eigenvalue weighted by Crippen LogP contribution is -2.18. The molecule has 3 rings (SSSR count). The predicted molar refractivity (Wildman–Crippen MR) is 111 cm³/mol. The Labute approximate surface area is 169 Å². The highest BCUT2D eigenvalue weighted by Gasteiger charge is 2.14. The van der Waals surface area contributed by atoms with Gasteiger partial charge in [0.15, 0.2) is 0 Å². The molecule has 1 aromatic heterocycles. The van der Waals surface area contributed by atoms with Crippen molar-refractivity contribution in [3.05, 3.63) is 73.1 Å². The number of phenols is 1. The first-order valence-electron chi connectivity index (χ1n) is 8.38. The molecule has 0 radical (unpaired) electrons. The Hall–Kier alpha value is -3.13. The van der Waals surface area contributed by atoms with Gasteiger partial charge in [0.1, 0.15) is 11.3 Å². The lowest BCUT2D eigenvalue weighted by molar-refractivity contribution is 0.0694. The molecule has 7 nitrogen and oxygen atoms in total. The van der Waals surface area contributed by atoms with E-state index in [4.69, 9.17) is 5.11 Å². The Bertz CT molecular complexity index is 1170. The number of aromatic amines is 1. The molecule has 0 unspecified atom stereocenters. The zero-order chi connectivity index (χ0) is 20.6. The molecule has 2 aromatic carbocycles. The summed E-state index contributed by atoms with van der Waals surface area (Å²) >= 11 is 3.49. The van der Waals surface area contributed by atoms with Gasteiger partial charge in [0, 0.05) is 22.4 Å². The molecule has 0 fully saturated rings. The number of nitrogens with zero attached hydrogens (tertiary/aromatic N) is 2. The smallest absolute Gasteiger partial charge is 0.339 e. The van der Waals surface area contributed by atoms with Crippen molar-refractivity contribution in [2.75, 3.05) is 0 Å². The Kier molecular flexibility index (Phi) is 5.24. The standard InChI is InChI=1S/C20H18BrN3O4/c1-10-11(2)17(7-6-16(10)21)24-19(26)15(12(3)23-24)9-22-13-4-5-14(20(27)28)18(25)8-13/h4-9,23,25H,1-3H3,(H,27,28). The van der Waals surface area contributed by atoms with Gasteiger partial charge < -0.3 is 10.2 Å². The molecule has 8 heteroatoms. The molecule has 3 aromatic rings. The van der Waals surface area contributed by atoms with Gasteiger partial charge in [-0.25, -0.2) is 9.48 Å². The number of aromatic carboxylic acids is 1. The lowest BCUT2D eigenvalue weighted by atomic mass is 10.1. The fourth-order valence-electron chi connectivity index (χ4n) is 2.82. The van der Waals surface area contributed by atoms with Gasteiger partial charge in [-0.05, 0) is 56.2 Å². The van der Waals surface area contributed by atoms with Crippen LogP contribution in [0.5, 0.6) is 5.75 Å². The first-order valence-corrected chi connectivity index (χ1v) is 9.18. The molecule has 0 amide bonds. The maximum absolute atomic E-state index is 12.9. The number of hydrogen-bond acceptors (Lipinski definition) is 4. The third kappa shape index (κ3) is 3.50. The number of benzene rings is 2. The minimum atomic E-state index is -1.22. The Morgan fingerprint density at radius 3 is 2.54 bits per heavy atom. The molecule has 0 aliphatic carbocycles. The number of rotatable bonds is 4. The predicted octanol–water partition coefficient (Wildman–Crippen LogP) is 4.01. The maximum atomic E-state index is 12.9. The van der Waals surface area contributed by atoms with Crippen LogP contribution in [-0.2, 0) is 0 Å². The quantitative estimate of drug-likeness (QED) is 0.529. The molecule has 28 heavy (non-hydrogen) atoms. The van der Waals surface area contributed by atoms with Crippen molar-refractivity contribution in [3.63, 3.8) is 0 Å². The number of carbonyl (C=O) groups is 1. The SMILES string of the molecule is Cc1[nH]n(-c2ccc(Br)c(C)c2C)c(=O)c1C=Nc1ccc(C(=O)O)c(O)c1. The summed E-state index contributed by atoms with van der Waals surface area (Å²) in [5.74, 6) is -1.61. The van der Waals surface area contributed by atoms with Gasteiger partial charge in [-0.3, -0.25) is 14.9 Å². The molecule has 1 heterocycles. The van der Waals surface area contributed by atoms with Gasteiger partial charge in [-0.15, -0.1) is 0 Å². The van der Waals surface area contributed by atoms with Gasteiger partial charge in [-0.2, -0.15) is 0 Å². The number of aromatic hydroxyl groups is 1. The summed E-state index contributed by atoms with van der Waals surface area (Å²) in [5.41, 5.74) is 3.65. The van der Waals surface area contributed by atoms with Crippen molar-refractivity contribution in [1.29, 1.82) is 0 Å². The van der Waals surface area contributed by atoms with Crippen LogP contribution in [0.3, 0.4) is 0 Å². The molecule has 0 spiro atoms. The molecular formula is C20H18BrN3O4. The second kappa shape index (κ2) is 7.47. The summed E-state index contributed by atoms with van der Waals surface area (Å²) < 4.78 is 2.44. The number of nitrogens with one attached hydrogen (secondary N) is 1. The highest BCUT2D eigenvalue weighted by molar-refractivity contribution is 9.10. The summed E-state index contributed by atoms with van der Waals surface area (Å²) in [5, 5.41) is 21.8. The second-order valence-electron chi connectivity index (χ2n) is 6.37. The number of carboxylic acid groups (broad SMARTS) is 1. The van der Waals surface area contributed by atoms with Crippen LogP contribution in [0.4, 0.5) is 5.69 Å². The summed E-state index contributed by atoms with van der Waals surface area (Å²) in [4.78, 5) is 28.0. The lowest BCUT2D eigenvalue weighted by Gasteiger charge is -2.10. The number of halogens is 1. The zero-order valence-electron chi connectivity index (χ0n) is 15.4. The minimum Gasteiger partial charge on any atom is -0.507 e. The van der Waals surface area contributed by atoms with E-state index in [-0.39, 0.29) is 16.9 Å². The molecule has 3 N–H and O–H groups in total. The average Bonchev–Trinajstić information content (AvgIpc) is 2.92. The third-order valence-corrected chi connectivity index (χ3v) is 5.46. The monoisotopic (exact) mass is 443 g/mol. The molecule has 0 bridgehead atoms. The second-order valence-corrected chi connectivity index (χ2v) is 7.23. The van der Waals surface area contributed by atoms with Crippen LogP contribution in [0, 0.1) is 20.8 Å². The first kappa shape index (κ1) is 19.6. The van der Waals surface area contributed by atoms with Crippen molar-refractivity contribution in [2.45, 2.75) is 20.8 Å². The van der Waals surface area contributed by atoms with E-state index >= 15 is 0 Å². The average molecular weight is 444 g/mol. The van der Waals surface area contributed by atoms with Gasteiger partial charge in [0.05, 0.1) is 16.9 Å². The molecule has 0 aliphatic rings. The number of carboxylic acids is 1. The summed E-state index contributed by atoms with van der Waals surface area (Å²) in [7, 11) is 0. The van der Waals surface area contributed by atoms with E-state index in [1.165, 1.54) is 29.1 Å². The Morgan fingerprint density at radius 1 is 1.18 bits per heavy atom. The van der Waals surface area contributed by atoms with Crippen LogP contribution >= 0.6 is 15.9 Å². The van der Waals surface area contributed by atoms with Crippen LogP contribution in [0.2, 0.25) is 0 Å². The topological polar surface area (TPSA) is 108 Å². The molecule has 144 valence electrons. The van der Waals surface area contributed by atoms with Gasteiger partial charge in [-0.1, -0.05) is 15.9 Å². The molecule has 0 aliphatic heterocycles.